The van der Waals surface area contributed by atoms with Crippen molar-refractivity contribution in [3.05, 3.63) is 57.3 Å². The number of nitrogens with one attached hydrogen (secondary N) is 1. The molecule has 1 aromatic heterocycles. The molecule has 1 aromatic carbocycles. The normalized spacial score (nSPS) is 15.2. The van der Waals surface area contributed by atoms with E-state index in [0.717, 1.165) is 35.4 Å². The van der Waals surface area contributed by atoms with Crippen molar-refractivity contribution in [2.24, 2.45) is 0 Å². The van der Waals surface area contributed by atoms with Gasteiger partial charge in [0.15, 0.2) is 0 Å². The maximum atomic E-state index is 11.7. The summed E-state index contributed by atoms with van der Waals surface area (Å²) < 4.78 is 6.00. The van der Waals surface area contributed by atoms with Gasteiger partial charge in [0, 0.05) is 16.0 Å². The minimum atomic E-state index is -0.949. The second-order valence-corrected chi connectivity index (χ2v) is 7.63. The molecule has 0 radical (unpaired) electrons. The Morgan fingerprint density at radius 1 is 1.40 bits per heavy atom. The first-order chi connectivity index (χ1) is 11.9. The van der Waals surface area contributed by atoms with Crippen LogP contribution in [-0.2, 0) is 16.8 Å². The van der Waals surface area contributed by atoms with E-state index in [1.165, 1.54) is 10.4 Å². The molecule has 132 valence electrons. The lowest BCUT2D eigenvalue weighted by atomic mass is 9.83. The first-order valence-corrected chi connectivity index (χ1v) is 9.25. The molecule has 0 saturated heterocycles. The van der Waals surface area contributed by atoms with E-state index in [2.05, 4.69) is 22.8 Å². The third-order valence-electron chi connectivity index (χ3n) is 4.64. The van der Waals surface area contributed by atoms with Gasteiger partial charge >= 0.3 is 5.97 Å². The van der Waals surface area contributed by atoms with E-state index in [-0.39, 0.29) is 0 Å². The Morgan fingerprint density at radius 3 is 2.92 bits per heavy atom. The summed E-state index contributed by atoms with van der Waals surface area (Å²) >= 11 is 1.70. The molecule has 5 heteroatoms. The van der Waals surface area contributed by atoms with Gasteiger partial charge in [0.25, 0.3) is 0 Å². The average molecular weight is 357 g/mol. The second kappa shape index (κ2) is 7.02. The molecular weight excluding hydrogens is 334 g/mol. The SMILES string of the molecule is CNCC/C=C1\c2cc(C(C)(C)C(=O)O)ccc2OCc2ccsc21. The number of benzene rings is 1. The zero-order valence-electron chi connectivity index (χ0n) is 14.8. The molecule has 0 bridgehead atoms. The van der Waals surface area contributed by atoms with E-state index in [1.807, 2.05) is 25.2 Å². The maximum absolute atomic E-state index is 11.7. The molecule has 4 nitrogen and oxygen atoms in total. The number of fused-ring (bicyclic) bond motifs is 2. The predicted octanol–water partition coefficient (Wildman–Crippen LogP) is 4.04. The molecule has 0 unspecified atom stereocenters. The van der Waals surface area contributed by atoms with Crippen LogP contribution in [0, 0.1) is 0 Å². The van der Waals surface area contributed by atoms with Gasteiger partial charge in [-0.25, -0.2) is 0 Å². The van der Waals surface area contributed by atoms with Crippen LogP contribution < -0.4 is 10.1 Å². The van der Waals surface area contributed by atoms with Crippen molar-refractivity contribution in [2.45, 2.75) is 32.3 Å². The van der Waals surface area contributed by atoms with E-state index in [4.69, 9.17) is 4.74 Å². The molecule has 3 rings (SSSR count). The highest BCUT2D eigenvalue weighted by atomic mass is 32.1. The predicted molar refractivity (Wildman–Crippen MR) is 101 cm³/mol. The lowest BCUT2D eigenvalue weighted by Gasteiger charge is -2.21. The molecule has 0 saturated carbocycles. The number of carboxylic acid groups (broad SMARTS) is 1. The molecule has 0 fully saturated rings. The lowest BCUT2D eigenvalue weighted by Crippen LogP contribution is -2.28. The van der Waals surface area contributed by atoms with Crippen LogP contribution in [0.15, 0.2) is 35.7 Å². The number of ether oxygens (including phenoxy) is 1. The monoisotopic (exact) mass is 357 g/mol. The maximum Gasteiger partial charge on any atom is 0.313 e. The molecule has 1 aliphatic heterocycles. The van der Waals surface area contributed by atoms with E-state index >= 15 is 0 Å². The standard InChI is InChI=1S/C20H23NO3S/c1-20(2,19(22)23)14-6-7-17-16(11-14)15(5-4-9-21-3)18-13(12-24-17)8-10-25-18/h5-8,10-11,21H,4,9,12H2,1-3H3,(H,22,23)/b15-5+. The molecule has 25 heavy (non-hydrogen) atoms. The highest BCUT2D eigenvalue weighted by Gasteiger charge is 2.31. The molecule has 2 aromatic rings. The molecule has 2 heterocycles. The highest BCUT2D eigenvalue weighted by molar-refractivity contribution is 7.11. The quantitative estimate of drug-likeness (QED) is 0.793. The van der Waals surface area contributed by atoms with Gasteiger partial charge in [-0.05, 0) is 68.6 Å². The summed E-state index contributed by atoms with van der Waals surface area (Å²) in [6.45, 7) is 4.89. The molecule has 0 spiro atoms. The minimum Gasteiger partial charge on any atom is -0.488 e. The third-order valence-corrected chi connectivity index (χ3v) is 5.63. The molecule has 0 aliphatic carbocycles. The number of hydrogen-bond acceptors (Lipinski definition) is 4. The minimum absolute atomic E-state index is 0.539. The largest absolute Gasteiger partial charge is 0.488 e. The van der Waals surface area contributed by atoms with Gasteiger partial charge in [-0.15, -0.1) is 11.3 Å². The van der Waals surface area contributed by atoms with Gasteiger partial charge in [0.1, 0.15) is 12.4 Å². The average Bonchev–Trinajstić information content (AvgIpc) is 2.99. The van der Waals surface area contributed by atoms with Gasteiger partial charge in [0.05, 0.1) is 5.41 Å². The number of hydrogen-bond donors (Lipinski definition) is 2. The Hall–Kier alpha value is -2.11. The van der Waals surface area contributed by atoms with E-state index in [1.54, 1.807) is 25.2 Å². The first-order valence-electron chi connectivity index (χ1n) is 8.37. The van der Waals surface area contributed by atoms with E-state index in [9.17, 15) is 9.90 Å². The zero-order chi connectivity index (χ0) is 18.0. The topological polar surface area (TPSA) is 58.6 Å². The molecule has 0 amide bonds. The van der Waals surface area contributed by atoms with E-state index in [0.29, 0.717) is 6.61 Å². The molecular formula is C20H23NO3S. The number of carbonyl (C=O) groups is 1. The van der Waals surface area contributed by atoms with Gasteiger partial charge < -0.3 is 15.2 Å². The molecule has 1 aliphatic rings. The summed E-state index contributed by atoms with van der Waals surface area (Å²) in [5.41, 5.74) is 3.12. The van der Waals surface area contributed by atoms with Crippen LogP contribution in [0.2, 0.25) is 0 Å². The van der Waals surface area contributed by atoms with Crippen molar-refractivity contribution in [1.82, 2.24) is 5.32 Å². The summed E-state index contributed by atoms with van der Waals surface area (Å²) in [6, 6.07) is 7.83. The Balaban J connectivity index is 2.14. The van der Waals surface area contributed by atoms with E-state index < -0.39 is 11.4 Å². The van der Waals surface area contributed by atoms with Gasteiger partial charge in [-0.1, -0.05) is 12.1 Å². The second-order valence-electron chi connectivity index (χ2n) is 6.71. The summed E-state index contributed by atoms with van der Waals surface area (Å²) in [7, 11) is 1.94. The fraction of sp³-hybridized carbons (Fsp3) is 0.350. The summed E-state index contributed by atoms with van der Waals surface area (Å²) in [5.74, 6) is -0.0245. The fourth-order valence-corrected chi connectivity index (χ4v) is 3.87. The van der Waals surface area contributed by atoms with Gasteiger partial charge in [0.2, 0.25) is 0 Å². The van der Waals surface area contributed by atoms with Crippen LogP contribution in [0.1, 0.15) is 41.8 Å². The van der Waals surface area contributed by atoms with Crippen LogP contribution >= 0.6 is 11.3 Å². The molecule has 0 atom stereocenters. The summed E-state index contributed by atoms with van der Waals surface area (Å²) in [6.07, 6.45) is 3.12. The van der Waals surface area contributed by atoms with Crippen LogP contribution in [0.5, 0.6) is 5.75 Å². The van der Waals surface area contributed by atoms with Crippen LogP contribution in [0.3, 0.4) is 0 Å². The number of thiophene rings is 1. The van der Waals surface area contributed by atoms with Crippen molar-refractivity contribution in [1.29, 1.82) is 0 Å². The van der Waals surface area contributed by atoms with Crippen LogP contribution in [0.4, 0.5) is 0 Å². The Labute approximate surface area is 152 Å². The number of carboxylic acids is 1. The fourth-order valence-electron chi connectivity index (χ4n) is 2.91. The third kappa shape index (κ3) is 3.34. The van der Waals surface area contributed by atoms with Crippen molar-refractivity contribution >= 4 is 22.9 Å². The van der Waals surface area contributed by atoms with Crippen molar-refractivity contribution in [3.8, 4) is 5.75 Å². The summed E-state index contributed by atoms with van der Waals surface area (Å²) in [4.78, 5) is 12.9. The molecule has 2 N–H and O–H groups in total. The number of rotatable bonds is 5. The smallest absolute Gasteiger partial charge is 0.313 e. The van der Waals surface area contributed by atoms with Crippen LogP contribution in [0.25, 0.3) is 5.57 Å². The lowest BCUT2D eigenvalue weighted by molar-refractivity contribution is -0.142. The van der Waals surface area contributed by atoms with Crippen molar-refractivity contribution in [3.63, 3.8) is 0 Å². The van der Waals surface area contributed by atoms with Crippen molar-refractivity contribution < 1.29 is 14.6 Å². The van der Waals surface area contributed by atoms with Crippen LogP contribution in [-0.4, -0.2) is 24.7 Å². The highest BCUT2D eigenvalue weighted by Crippen LogP contribution is 2.41. The van der Waals surface area contributed by atoms with Crippen molar-refractivity contribution in [2.75, 3.05) is 13.6 Å². The van der Waals surface area contributed by atoms with Gasteiger partial charge in [-0.3, -0.25) is 4.79 Å². The zero-order valence-corrected chi connectivity index (χ0v) is 15.6. The first kappa shape index (κ1) is 17.7. The Bertz CT molecular complexity index is 820. The Kier molecular flexibility index (Phi) is 4.97. The number of aliphatic carboxylic acids is 1. The summed E-state index contributed by atoms with van der Waals surface area (Å²) in [5, 5.41) is 14.8. The van der Waals surface area contributed by atoms with Gasteiger partial charge in [-0.2, -0.15) is 0 Å². The Morgan fingerprint density at radius 2 is 2.20 bits per heavy atom.